The summed E-state index contributed by atoms with van der Waals surface area (Å²) in [7, 11) is 1.77. The molecule has 1 N–H and O–H groups in total. The summed E-state index contributed by atoms with van der Waals surface area (Å²) >= 11 is 1.58. The van der Waals surface area contributed by atoms with E-state index in [4.69, 9.17) is 0 Å². The van der Waals surface area contributed by atoms with E-state index in [9.17, 15) is 0 Å². The first kappa shape index (κ1) is 12.7. The number of nitrogens with zero attached hydrogens (tertiary/aromatic N) is 2. The Labute approximate surface area is 99.6 Å². The molecule has 0 aliphatic rings. The van der Waals surface area contributed by atoms with Crippen LogP contribution < -0.4 is 34.1 Å². The molecule has 0 amide bonds. The van der Waals surface area contributed by atoms with Crippen LogP contribution in [0, 0.1) is 0 Å². The summed E-state index contributed by atoms with van der Waals surface area (Å²) in [5.74, 6) is 0. The molecule has 0 fully saturated rings. The van der Waals surface area contributed by atoms with Crippen molar-refractivity contribution >= 4 is 16.9 Å². The van der Waals surface area contributed by atoms with Gasteiger partial charge in [-0.3, -0.25) is 4.99 Å². The number of rotatable bonds is 1. The van der Waals surface area contributed by atoms with Crippen LogP contribution in [0.15, 0.2) is 35.6 Å². The van der Waals surface area contributed by atoms with Crippen LogP contribution in [0.25, 0.3) is 0 Å². The van der Waals surface area contributed by atoms with E-state index in [0.29, 0.717) is 0 Å². The fourth-order valence-corrected chi connectivity index (χ4v) is 1.15. The lowest BCUT2D eigenvalue weighted by molar-refractivity contribution is -0.639. The first-order chi connectivity index (χ1) is 5.86. The molecule has 72 valence electrons. The molecule has 0 atom stereocenters. The molecule has 0 unspecified atom stereocenters. The molecule has 3 nitrogen and oxygen atoms in total. The van der Waals surface area contributed by atoms with Gasteiger partial charge in [-0.25, -0.2) is 0 Å². The van der Waals surface area contributed by atoms with E-state index in [2.05, 4.69) is 10.4 Å². The van der Waals surface area contributed by atoms with Gasteiger partial charge in [-0.2, -0.15) is 0 Å². The summed E-state index contributed by atoms with van der Waals surface area (Å²) in [5, 5.41) is 0.895. The Morgan fingerprint density at radius 3 is 2.38 bits per heavy atom. The molecule has 0 spiro atoms. The minimum absolute atomic E-state index is 0. The van der Waals surface area contributed by atoms with E-state index < -0.39 is 0 Å². The van der Waals surface area contributed by atoms with Crippen LogP contribution in [0.5, 0.6) is 0 Å². The molecule has 5 heteroatoms. The van der Waals surface area contributed by atoms with Gasteiger partial charge in [0.2, 0.25) is 5.17 Å². The third-order valence-corrected chi connectivity index (χ3v) is 2.00. The van der Waals surface area contributed by atoms with Gasteiger partial charge < -0.3 is 24.0 Å². The Kier molecular flexibility index (Phi) is 6.97. The molecular formula is C8H12IN3S. The highest BCUT2D eigenvalue weighted by molar-refractivity contribution is 8.13. The molecule has 0 aliphatic heterocycles. The smallest absolute Gasteiger partial charge is 0.214 e. The van der Waals surface area contributed by atoms with Gasteiger partial charge in [0.15, 0.2) is 12.4 Å². The molecule has 0 saturated heterocycles. The van der Waals surface area contributed by atoms with Crippen molar-refractivity contribution in [1.29, 1.82) is 0 Å². The molecule has 0 saturated carbocycles. The van der Waals surface area contributed by atoms with Gasteiger partial charge in [0.05, 0.1) is 0 Å². The first-order valence-electron chi connectivity index (χ1n) is 3.61. The lowest BCUT2D eigenvalue weighted by Gasteiger charge is -1.98. The van der Waals surface area contributed by atoms with E-state index in [1.807, 2.05) is 41.5 Å². The van der Waals surface area contributed by atoms with Crippen LogP contribution in [0.1, 0.15) is 0 Å². The second-order valence-corrected chi connectivity index (χ2v) is 2.92. The molecule has 0 radical (unpaired) electrons. The molecule has 0 aliphatic carbocycles. The van der Waals surface area contributed by atoms with E-state index in [1.165, 1.54) is 0 Å². The highest BCUT2D eigenvalue weighted by Gasteiger charge is 2.00. The molecule has 1 aromatic rings. The third kappa shape index (κ3) is 4.47. The molecule has 0 aromatic carbocycles. The number of hydrogen-bond acceptors (Lipinski definition) is 2. The Bertz CT molecular complexity index is 263. The quantitative estimate of drug-likeness (QED) is 0.278. The Morgan fingerprint density at radius 2 is 1.92 bits per heavy atom. The fourth-order valence-electron chi connectivity index (χ4n) is 0.771. The molecule has 1 heterocycles. The van der Waals surface area contributed by atoms with Crippen LogP contribution in [0.4, 0.5) is 0 Å². The van der Waals surface area contributed by atoms with Gasteiger partial charge in [0, 0.05) is 19.2 Å². The summed E-state index contributed by atoms with van der Waals surface area (Å²) in [6.45, 7) is 0. The zero-order valence-electron chi connectivity index (χ0n) is 7.57. The zero-order valence-corrected chi connectivity index (χ0v) is 10.5. The topological polar surface area (TPSA) is 28.3 Å². The second kappa shape index (κ2) is 7.14. The van der Waals surface area contributed by atoms with Gasteiger partial charge in [-0.15, -0.1) is 5.43 Å². The minimum Gasteiger partial charge on any atom is -1.00 e. The van der Waals surface area contributed by atoms with Crippen LogP contribution in [-0.2, 0) is 0 Å². The van der Waals surface area contributed by atoms with Crippen molar-refractivity contribution in [2.45, 2.75) is 0 Å². The molecule has 1 rings (SSSR count). The van der Waals surface area contributed by atoms with Crippen LogP contribution in [0.3, 0.4) is 0 Å². The van der Waals surface area contributed by atoms with Crippen LogP contribution in [-0.4, -0.2) is 18.5 Å². The van der Waals surface area contributed by atoms with Gasteiger partial charge in [0.25, 0.3) is 0 Å². The van der Waals surface area contributed by atoms with Crippen LogP contribution in [0.2, 0.25) is 0 Å². The maximum Gasteiger partial charge on any atom is 0.214 e. The number of aromatic nitrogens is 1. The van der Waals surface area contributed by atoms with Gasteiger partial charge in [-0.05, 0) is 6.26 Å². The van der Waals surface area contributed by atoms with E-state index in [-0.39, 0.29) is 24.0 Å². The highest BCUT2D eigenvalue weighted by atomic mass is 127. The maximum atomic E-state index is 4.05. The largest absolute Gasteiger partial charge is 1.00 e. The summed E-state index contributed by atoms with van der Waals surface area (Å²) in [6.07, 6.45) is 5.85. The Balaban J connectivity index is 0.00000144. The maximum absolute atomic E-state index is 4.05. The van der Waals surface area contributed by atoms with E-state index >= 15 is 0 Å². The standard InChI is InChI=1S/C8H12N3S.HI/c1-9-8(12-2)10-11-6-4-3-5-7-11;/h3-7H,1-2H3,(H,9,10);1H/q+1;/p-1. The number of aliphatic imine (C=N–C) groups is 1. The summed E-state index contributed by atoms with van der Waals surface area (Å²) in [4.78, 5) is 4.05. The SMILES string of the molecule is CN=C(N[n+]1ccccc1)SC.[I-]. The number of hydrogen-bond donors (Lipinski definition) is 1. The van der Waals surface area contributed by atoms with Gasteiger partial charge >= 0.3 is 0 Å². The first-order valence-corrected chi connectivity index (χ1v) is 4.83. The van der Waals surface area contributed by atoms with Crippen molar-refractivity contribution in [3.05, 3.63) is 30.6 Å². The number of amidine groups is 1. The summed E-state index contributed by atoms with van der Waals surface area (Å²) in [6, 6.07) is 5.89. The Morgan fingerprint density at radius 1 is 1.31 bits per heavy atom. The van der Waals surface area contributed by atoms with Crippen molar-refractivity contribution in [2.24, 2.45) is 4.99 Å². The predicted molar refractivity (Wildman–Crippen MR) is 52.9 cm³/mol. The fraction of sp³-hybridized carbons (Fsp3) is 0.250. The molecule has 13 heavy (non-hydrogen) atoms. The second-order valence-electron chi connectivity index (χ2n) is 2.13. The van der Waals surface area contributed by atoms with E-state index in [1.54, 1.807) is 18.8 Å². The molecular weight excluding hydrogens is 297 g/mol. The number of pyridine rings is 1. The van der Waals surface area contributed by atoms with Gasteiger partial charge in [-0.1, -0.05) is 22.5 Å². The van der Waals surface area contributed by atoms with Gasteiger partial charge in [0.1, 0.15) is 0 Å². The van der Waals surface area contributed by atoms with Crippen molar-refractivity contribution in [2.75, 3.05) is 18.7 Å². The zero-order chi connectivity index (χ0) is 8.81. The lowest BCUT2D eigenvalue weighted by Crippen LogP contribution is -3.00. The molecule has 0 bridgehead atoms. The average Bonchev–Trinajstić information content (AvgIpc) is 2.16. The average molecular weight is 309 g/mol. The monoisotopic (exact) mass is 309 g/mol. The lowest BCUT2D eigenvalue weighted by atomic mass is 10.5. The number of nitrogens with one attached hydrogen (secondary N) is 1. The Hall–Kier alpha value is -0.300. The van der Waals surface area contributed by atoms with Crippen molar-refractivity contribution in [3.8, 4) is 0 Å². The van der Waals surface area contributed by atoms with Crippen molar-refractivity contribution < 1.29 is 28.7 Å². The number of thioether (sulfide) groups is 1. The van der Waals surface area contributed by atoms with Crippen molar-refractivity contribution in [3.63, 3.8) is 0 Å². The van der Waals surface area contributed by atoms with Crippen molar-refractivity contribution in [1.82, 2.24) is 0 Å². The summed E-state index contributed by atoms with van der Waals surface area (Å²) in [5.41, 5.74) is 3.11. The van der Waals surface area contributed by atoms with Crippen LogP contribution >= 0.6 is 11.8 Å². The predicted octanol–water partition coefficient (Wildman–Crippen LogP) is -2.13. The summed E-state index contributed by atoms with van der Waals surface area (Å²) < 4.78 is 1.86. The third-order valence-electron chi connectivity index (χ3n) is 1.34. The van der Waals surface area contributed by atoms with E-state index in [0.717, 1.165) is 5.17 Å². The minimum atomic E-state index is 0. The highest BCUT2D eigenvalue weighted by Crippen LogP contribution is 1.92. The molecule has 1 aromatic heterocycles. The normalized spacial score (nSPS) is 10.5. The number of halogens is 1.